The number of aryl methyl sites for hydroxylation is 1. The third kappa shape index (κ3) is 4.51. The van der Waals surface area contributed by atoms with Gasteiger partial charge in [-0.05, 0) is 42.3 Å². The largest absolute Gasteiger partial charge is 0.490 e. The van der Waals surface area contributed by atoms with Crippen LogP contribution in [0, 0.1) is 11.3 Å². The maximum absolute atomic E-state index is 9.04. The van der Waals surface area contributed by atoms with Gasteiger partial charge in [0.25, 0.3) is 0 Å². The van der Waals surface area contributed by atoms with Crippen molar-refractivity contribution >= 4 is 15.9 Å². The van der Waals surface area contributed by atoms with Gasteiger partial charge in [0.05, 0.1) is 5.56 Å². The molecule has 0 amide bonds. The first-order valence-electron chi connectivity index (χ1n) is 6.77. The van der Waals surface area contributed by atoms with Gasteiger partial charge in [0.2, 0.25) is 0 Å². The smallest absolute Gasteiger partial charge is 0.137 e. The van der Waals surface area contributed by atoms with E-state index in [1.165, 1.54) is 5.56 Å². The Labute approximate surface area is 133 Å². The highest BCUT2D eigenvalue weighted by Gasteiger charge is 2.04. The number of nitriles is 1. The summed E-state index contributed by atoms with van der Waals surface area (Å²) in [4.78, 5) is 0. The minimum absolute atomic E-state index is 0.395. The molecule has 0 radical (unpaired) electrons. The van der Waals surface area contributed by atoms with Crippen LogP contribution in [0.1, 0.15) is 18.1 Å². The van der Waals surface area contributed by atoms with Crippen LogP contribution >= 0.6 is 15.9 Å². The molecule has 3 nitrogen and oxygen atoms in total. The number of rotatable bonds is 6. The molecular formula is C17H16BrNO2. The number of hydrogen-bond acceptors (Lipinski definition) is 3. The van der Waals surface area contributed by atoms with Crippen LogP contribution in [0.25, 0.3) is 0 Å². The molecule has 0 saturated carbocycles. The van der Waals surface area contributed by atoms with Gasteiger partial charge in [0, 0.05) is 4.47 Å². The molecular weight excluding hydrogens is 330 g/mol. The fourth-order valence-corrected chi connectivity index (χ4v) is 2.21. The van der Waals surface area contributed by atoms with Crippen molar-refractivity contribution in [1.29, 1.82) is 5.26 Å². The van der Waals surface area contributed by atoms with Crippen molar-refractivity contribution in [3.8, 4) is 17.6 Å². The van der Waals surface area contributed by atoms with E-state index in [-0.39, 0.29) is 0 Å². The van der Waals surface area contributed by atoms with Crippen LogP contribution in [0.15, 0.2) is 46.9 Å². The van der Waals surface area contributed by atoms with Crippen molar-refractivity contribution in [2.24, 2.45) is 0 Å². The van der Waals surface area contributed by atoms with Crippen molar-refractivity contribution in [2.75, 3.05) is 13.2 Å². The van der Waals surface area contributed by atoms with Crippen LogP contribution in [0.5, 0.6) is 11.5 Å². The molecule has 108 valence electrons. The quantitative estimate of drug-likeness (QED) is 0.731. The summed E-state index contributed by atoms with van der Waals surface area (Å²) in [7, 11) is 0. The lowest BCUT2D eigenvalue weighted by molar-refractivity contribution is 0.217. The first-order valence-corrected chi connectivity index (χ1v) is 7.56. The summed E-state index contributed by atoms with van der Waals surface area (Å²) in [6, 6.07) is 15.5. The highest BCUT2D eigenvalue weighted by Crippen LogP contribution is 2.22. The van der Waals surface area contributed by atoms with Gasteiger partial charge < -0.3 is 9.47 Å². The summed E-state index contributed by atoms with van der Waals surface area (Å²) >= 11 is 3.33. The summed E-state index contributed by atoms with van der Waals surface area (Å²) < 4.78 is 12.0. The van der Waals surface area contributed by atoms with E-state index >= 15 is 0 Å². The predicted octanol–water partition coefficient (Wildman–Crippen LogP) is 4.34. The van der Waals surface area contributed by atoms with E-state index in [0.717, 1.165) is 16.6 Å². The van der Waals surface area contributed by atoms with Crippen molar-refractivity contribution in [1.82, 2.24) is 0 Å². The maximum atomic E-state index is 9.04. The molecule has 4 heteroatoms. The van der Waals surface area contributed by atoms with Crippen molar-refractivity contribution in [2.45, 2.75) is 13.3 Å². The van der Waals surface area contributed by atoms with Crippen LogP contribution in [-0.4, -0.2) is 13.2 Å². The molecule has 0 unspecified atom stereocenters. The third-order valence-electron chi connectivity index (χ3n) is 3.00. The molecule has 2 aromatic rings. The topological polar surface area (TPSA) is 42.2 Å². The minimum Gasteiger partial charge on any atom is -0.490 e. The minimum atomic E-state index is 0.395. The summed E-state index contributed by atoms with van der Waals surface area (Å²) in [5.74, 6) is 1.40. The lowest BCUT2D eigenvalue weighted by Gasteiger charge is -2.10. The number of hydrogen-bond donors (Lipinski definition) is 0. The number of ether oxygens (including phenoxy) is 2. The van der Waals surface area contributed by atoms with Crippen LogP contribution < -0.4 is 9.47 Å². The molecule has 2 aromatic carbocycles. The Morgan fingerprint density at radius 3 is 2.43 bits per heavy atom. The van der Waals surface area contributed by atoms with E-state index in [9.17, 15) is 0 Å². The van der Waals surface area contributed by atoms with E-state index in [4.69, 9.17) is 14.7 Å². The average Bonchev–Trinajstić information content (AvgIpc) is 2.53. The van der Waals surface area contributed by atoms with Crippen LogP contribution in [0.4, 0.5) is 0 Å². The number of halogens is 1. The molecule has 0 fully saturated rings. The molecule has 0 aliphatic carbocycles. The average molecular weight is 346 g/mol. The first kappa shape index (κ1) is 15.4. The molecule has 0 aromatic heterocycles. The summed E-state index contributed by atoms with van der Waals surface area (Å²) in [5, 5.41) is 9.04. The zero-order valence-electron chi connectivity index (χ0n) is 11.8. The Bertz CT molecular complexity index is 632. The summed E-state index contributed by atoms with van der Waals surface area (Å²) in [6.45, 7) is 2.95. The number of benzene rings is 2. The lowest BCUT2D eigenvalue weighted by atomic mass is 10.2. The fraction of sp³-hybridized carbons (Fsp3) is 0.235. The molecule has 0 bridgehead atoms. The van der Waals surface area contributed by atoms with Gasteiger partial charge in [0.15, 0.2) is 0 Å². The second-order valence-corrected chi connectivity index (χ2v) is 5.36. The van der Waals surface area contributed by atoms with Crippen molar-refractivity contribution in [3.63, 3.8) is 0 Å². The van der Waals surface area contributed by atoms with Gasteiger partial charge >= 0.3 is 0 Å². The Hall–Kier alpha value is -1.99. The first-order chi connectivity index (χ1) is 10.2. The standard InChI is InChI=1S/C17H16BrNO2/c1-2-13-3-6-16(7-4-13)20-9-10-21-17-8-5-15(18)11-14(17)12-19/h3-8,11H,2,9-10H2,1H3. The Kier molecular flexibility index (Phi) is 5.65. The normalized spacial score (nSPS) is 9.95. The van der Waals surface area contributed by atoms with E-state index in [1.807, 2.05) is 18.2 Å². The predicted molar refractivity (Wildman–Crippen MR) is 85.7 cm³/mol. The Morgan fingerprint density at radius 1 is 1.05 bits per heavy atom. The van der Waals surface area contributed by atoms with Crippen LogP contribution in [-0.2, 0) is 6.42 Å². The Morgan fingerprint density at radius 2 is 1.76 bits per heavy atom. The monoisotopic (exact) mass is 345 g/mol. The summed E-state index contributed by atoms with van der Waals surface area (Å²) in [6.07, 6.45) is 1.02. The van der Waals surface area contributed by atoms with Gasteiger partial charge in [-0.2, -0.15) is 5.26 Å². The number of nitrogens with zero attached hydrogens (tertiary/aromatic N) is 1. The van der Waals surface area contributed by atoms with Gasteiger partial charge in [-0.1, -0.05) is 35.0 Å². The van der Waals surface area contributed by atoms with Crippen molar-refractivity contribution in [3.05, 3.63) is 58.1 Å². The zero-order chi connectivity index (χ0) is 15.1. The van der Waals surface area contributed by atoms with E-state index in [1.54, 1.807) is 12.1 Å². The SMILES string of the molecule is CCc1ccc(OCCOc2ccc(Br)cc2C#N)cc1. The third-order valence-corrected chi connectivity index (χ3v) is 3.50. The molecule has 0 aliphatic heterocycles. The van der Waals surface area contributed by atoms with Gasteiger partial charge in [-0.15, -0.1) is 0 Å². The lowest BCUT2D eigenvalue weighted by Crippen LogP contribution is -2.09. The van der Waals surface area contributed by atoms with E-state index < -0.39 is 0 Å². The fourth-order valence-electron chi connectivity index (χ4n) is 1.85. The van der Waals surface area contributed by atoms with Crippen LogP contribution in [0.3, 0.4) is 0 Å². The van der Waals surface area contributed by atoms with E-state index in [0.29, 0.717) is 24.5 Å². The molecule has 0 spiro atoms. The van der Waals surface area contributed by atoms with Gasteiger partial charge in [-0.3, -0.25) is 0 Å². The molecule has 0 saturated heterocycles. The Balaban J connectivity index is 1.83. The van der Waals surface area contributed by atoms with Gasteiger partial charge in [0.1, 0.15) is 30.8 Å². The molecule has 21 heavy (non-hydrogen) atoms. The van der Waals surface area contributed by atoms with Crippen molar-refractivity contribution < 1.29 is 9.47 Å². The van der Waals surface area contributed by atoms with Gasteiger partial charge in [-0.25, -0.2) is 0 Å². The highest BCUT2D eigenvalue weighted by molar-refractivity contribution is 9.10. The van der Waals surface area contributed by atoms with E-state index in [2.05, 4.69) is 41.1 Å². The second-order valence-electron chi connectivity index (χ2n) is 4.45. The molecule has 2 rings (SSSR count). The zero-order valence-corrected chi connectivity index (χ0v) is 13.4. The van der Waals surface area contributed by atoms with Crippen LogP contribution in [0.2, 0.25) is 0 Å². The maximum Gasteiger partial charge on any atom is 0.137 e. The second kappa shape index (κ2) is 7.70. The highest BCUT2D eigenvalue weighted by atomic mass is 79.9. The molecule has 0 heterocycles. The summed E-state index contributed by atoms with van der Waals surface area (Å²) in [5.41, 5.74) is 1.80. The molecule has 0 aliphatic rings. The molecule has 0 atom stereocenters. The molecule has 0 N–H and O–H groups in total.